The van der Waals surface area contributed by atoms with Crippen molar-refractivity contribution in [2.24, 2.45) is 0 Å². The highest BCUT2D eigenvalue weighted by atomic mass is 16.6. The lowest BCUT2D eigenvalue weighted by atomic mass is 9.87. The number of rotatable bonds is 25. The van der Waals surface area contributed by atoms with E-state index in [9.17, 15) is 19.8 Å². The molecule has 0 aliphatic rings. The van der Waals surface area contributed by atoms with E-state index in [-0.39, 0.29) is 0 Å². The Morgan fingerprint density at radius 1 is 0.529 bits per heavy atom. The highest BCUT2D eigenvalue weighted by Crippen LogP contribution is 2.35. The maximum Gasteiger partial charge on any atom is 0.336 e. The summed E-state index contributed by atoms with van der Waals surface area (Å²) < 4.78 is 6.23. The zero-order valence-corrected chi connectivity index (χ0v) is 23.0. The smallest absolute Gasteiger partial charge is 0.336 e. The Kier molecular flexibility index (Phi) is 19.5. The highest BCUT2D eigenvalue weighted by Gasteiger charge is 2.47. The molecule has 0 aromatic rings. The Morgan fingerprint density at radius 3 is 1.18 bits per heavy atom. The fraction of sp³-hybridized carbons (Fsp3) is 0.931. The maximum atomic E-state index is 12.6. The Hall–Kier alpha value is -1.10. The third-order valence-corrected chi connectivity index (χ3v) is 7.14. The van der Waals surface area contributed by atoms with Crippen molar-refractivity contribution >= 4 is 11.9 Å². The molecule has 0 bridgehead atoms. The summed E-state index contributed by atoms with van der Waals surface area (Å²) in [5.41, 5.74) is -2.88. The van der Waals surface area contributed by atoms with Gasteiger partial charge >= 0.3 is 11.9 Å². The first-order valence-corrected chi connectivity index (χ1v) is 14.4. The van der Waals surface area contributed by atoms with E-state index in [1.807, 2.05) is 0 Å². The first-order valence-electron chi connectivity index (χ1n) is 14.4. The molecular weight excluding hydrogens is 428 g/mol. The maximum absolute atomic E-state index is 12.6. The molecule has 2 N–H and O–H groups in total. The topological polar surface area (TPSA) is 83.8 Å². The first-order chi connectivity index (χ1) is 16.3. The fourth-order valence-corrected chi connectivity index (χ4v) is 4.74. The molecule has 0 spiro atoms. The summed E-state index contributed by atoms with van der Waals surface area (Å²) in [6.45, 7) is 8.12. The van der Waals surface area contributed by atoms with Crippen molar-refractivity contribution in [1.29, 1.82) is 0 Å². The molecule has 0 saturated carbocycles. The van der Waals surface area contributed by atoms with Crippen LogP contribution in [0.15, 0.2) is 0 Å². The zero-order valence-electron chi connectivity index (χ0n) is 23.0. The minimum absolute atomic E-state index is 0.358. The Labute approximate surface area is 210 Å². The van der Waals surface area contributed by atoms with Gasteiger partial charge in [-0.25, -0.2) is 9.59 Å². The van der Waals surface area contributed by atoms with Crippen molar-refractivity contribution in [3.05, 3.63) is 0 Å². The van der Waals surface area contributed by atoms with E-state index in [1.54, 1.807) is 6.92 Å². The Bertz CT molecular complexity index is 503. The van der Waals surface area contributed by atoms with Crippen LogP contribution in [0.1, 0.15) is 163 Å². The molecule has 5 heteroatoms. The van der Waals surface area contributed by atoms with Crippen molar-refractivity contribution in [2.45, 2.75) is 174 Å². The lowest BCUT2D eigenvalue weighted by molar-refractivity contribution is -0.207. The summed E-state index contributed by atoms with van der Waals surface area (Å²) >= 11 is 0. The van der Waals surface area contributed by atoms with Crippen molar-refractivity contribution in [3.63, 3.8) is 0 Å². The number of unbranched alkanes of at least 4 members (excludes halogenated alkanes) is 15. The second-order valence-corrected chi connectivity index (χ2v) is 10.5. The average molecular weight is 485 g/mol. The summed E-state index contributed by atoms with van der Waals surface area (Å²) in [7, 11) is 0. The monoisotopic (exact) mass is 484 g/mol. The van der Waals surface area contributed by atoms with Gasteiger partial charge in [0.15, 0.2) is 11.2 Å². The van der Waals surface area contributed by atoms with E-state index in [0.29, 0.717) is 19.3 Å². The number of carbonyl (C=O) groups is 2. The molecule has 0 aliphatic heterocycles. The van der Waals surface area contributed by atoms with Crippen LogP contribution in [-0.4, -0.2) is 33.4 Å². The predicted molar refractivity (Wildman–Crippen MR) is 141 cm³/mol. The second-order valence-electron chi connectivity index (χ2n) is 10.5. The molecular formula is C29H56O5. The van der Waals surface area contributed by atoms with Crippen molar-refractivity contribution in [2.75, 3.05) is 0 Å². The lowest BCUT2D eigenvalue weighted by Gasteiger charge is -2.38. The van der Waals surface area contributed by atoms with E-state index in [1.165, 1.54) is 51.4 Å². The van der Waals surface area contributed by atoms with Gasteiger partial charge in [0.05, 0.1) is 0 Å². The number of hydrogen-bond donors (Lipinski definition) is 2. The van der Waals surface area contributed by atoms with Crippen LogP contribution >= 0.6 is 0 Å². The van der Waals surface area contributed by atoms with Crippen LogP contribution in [0, 0.1) is 0 Å². The minimum atomic E-state index is -1.46. The molecule has 0 aromatic carbocycles. The molecule has 0 radical (unpaired) electrons. The molecule has 0 amide bonds. The molecule has 34 heavy (non-hydrogen) atoms. The Morgan fingerprint density at radius 2 is 0.853 bits per heavy atom. The van der Waals surface area contributed by atoms with Gasteiger partial charge in [-0.3, -0.25) is 0 Å². The van der Waals surface area contributed by atoms with Crippen LogP contribution < -0.4 is 0 Å². The summed E-state index contributed by atoms with van der Waals surface area (Å²) in [5, 5.41) is 20.3. The summed E-state index contributed by atoms with van der Waals surface area (Å²) in [6, 6.07) is 0. The zero-order chi connectivity index (χ0) is 25.7. The molecule has 0 fully saturated rings. The van der Waals surface area contributed by atoms with E-state index >= 15 is 0 Å². The van der Waals surface area contributed by atoms with Crippen molar-refractivity contribution in [3.8, 4) is 0 Å². The van der Waals surface area contributed by atoms with Crippen LogP contribution in [0.5, 0.6) is 0 Å². The van der Waals surface area contributed by atoms with Crippen LogP contribution in [0.25, 0.3) is 0 Å². The van der Waals surface area contributed by atoms with Gasteiger partial charge < -0.3 is 14.9 Å². The molecule has 1 atom stereocenters. The SMILES string of the molecule is CCCCCCCCC(C)(OC(CCCCCCCC)(CCCCCCCC)C(=O)O)C(=O)O. The van der Waals surface area contributed by atoms with Gasteiger partial charge in [0.25, 0.3) is 0 Å². The number of carboxylic acid groups (broad SMARTS) is 2. The van der Waals surface area contributed by atoms with Crippen molar-refractivity contribution in [1.82, 2.24) is 0 Å². The number of aliphatic carboxylic acids is 2. The molecule has 202 valence electrons. The third kappa shape index (κ3) is 14.3. The van der Waals surface area contributed by atoms with E-state index < -0.39 is 23.1 Å². The fourth-order valence-electron chi connectivity index (χ4n) is 4.74. The lowest BCUT2D eigenvalue weighted by Crippen LogP contribution is -2.52. The second kappa shape index (κ2) is 20.1. The predicted octanol–water partition coefficient (Wildman–Crippen LogP) is 8.92. The summed E-state index contributed by atoms with van der Waals surface area (Å²) in [5.74, 6) is -2.04. The molecule has 0 aliphatic carbocycles. The quantitative estimate of drug-likeness (QED) is 0.126. The summed E-state index contributed by atoms with van der Waals surface area (Å²) in [6.07, 6.45) is 20.2. The van der Waals surface area contributed by atoms with Gasteiger partial charge in [-0.05, 0) is 45.4 Å². The first kappa shape index (κ1) is 32.9. The molecule has 5 nitrogen and oxygen atoms in total. The number of carboxylic acids is 2. The van der Waals surface area contributed by atoms with Gasteiger partial charge in [-0.1, -0.05) is 117 Å². The molecule has 1 unspecified atom stereocenters. The number of ether oxygens (including phenoxy) is 1. The average Bonchev–Trinajstić information content (AvgIpc) is 2.80. The van der Waals surface area contributed by atoms with Gasteiger partial charge in [0.1, 0.15) is 0 Å². The van der Waals surface area contributed by atoms with Gasteiger partial charge in [0.2, 0.25) is 0 Å². The Balaban J connectivity index is 5.24. The van der Waals surface area contributed by atoms with E-state index in [2.05, 4.69) is 20.8 Å². The van der Waals surface area contributed by atoms with E-state index in [4.69, 9.17) is 4.74 Å². The largest absolute Gasteiger partial charge is 0.479 e. The van der Waals surface area contributed by atoms with Gasteiger partial charge in [0, 0.05) is 0 Å². The highest BCUT2D eigenvalue weighted by molar-refractivity contribution is 5.80. The minimum Gasteiger partial charge on any atom is -0.479 e. The third-order valence-electron chi connectivity index (χ3n) is 7.14. The molecule has 0 aromatic heterocycles. The van der Waals surface area contributed by atoms with Gasteiger partial charge in [-0.15, -0.1) is 0 Å². The van der Waals surface area contributed by atoms with Crippen LogP contribution in [0.3, 0.4) is 0 Å². The van der Waals surface area contributed by atoms with E-state index in [0.717, 1.165) is 64.2 Å². The molecule has 0 saturated heterocycles. The van der Waals surface area contributed by atoms with Crippen LogP contribution in [0.4, 0.5) is 0 Å². The molecule has 0 rings (SSSR count). The standard InChI is InChI=1S/C29H56O5/c1-5-8-11-14-17-20-23-28(4,26(30)31)34-29(27(32)33,24-21-18-15-12-9-6-2)25-22-19-16-13-10-7-3/h5-25H2,1-4H3,(H,30,31)(H,32,33). The number of hydrogen-bond acceptors (Lipinski definition) is 3. The normalized spacial score (nSPS) is 13.6. The summed E-state index contributed by atoms with van der Waals surface area (Å²) in [4.78, 5) is 24.9. The van der Waals surface area contributed by atoms with Gasteiger partial charge in [-0.2, -0.15) is 0 Å². The van der Waals surface area contributed by atoms with Crippen molar-refractivity contribution < 1.29 is 24.5 Å². The molecule has 0 heterocycles. The van der Waals surface area contributed by atoms with Crippen LogP contribution in [0.2, 0.25) is 0 Å². The van der Waals surface area contributed by atoms with Crippen LogP contribution in [-0.2, 0) is 14.3 Å².